The number of nitro benzene ring substituents is 1. The van der Waals surface area contributed by atoms with E-state index in [1.165, 1.54) is 14.2 Å². The number of hydrogen-bond acceptors (Lipinski definition) is 9. The Kier molecular flexibility index (Phi) is 7.35. The number of nitrogens with zero attached hydrogens (tertiary/aromatic N) is 4. The summed E-state index contributed by atoms with van der Waals surface area (Å²) >= 11 is 0. The van der Waals surface area contributed by atoms with Crippen LogP contribution in [0.1, 0.15) is 29.9 Å². The van der Waals surface area contributed by atoms with Crippen LogP contribution in [0.25, 0.3) is 11.0 Å². The maximum atomic E-state index is 13.3. The van der Waals surface area contributed by atoms with E-state index in [1.54, 1.807) is 19.9 Å². The van der Waals surface area contributed by atoms with E-state index >= 15 is 0 Å². The number of aromatic nitrogens is 3. The van der Waals surface area contributed by atoms with Gasteiger partial charge in [-0.1, -0.05) is 0 Å². The first-order valence-electron chi connectivity index (χ1n) is 10.0. The van der Waals surface area contributed by atoms with Gasteiger partial charge in [-0.2, -0.15) is 18.2 Å². The number of pyridine rings is 1. The van der Waals surface area contributed by atoms with E-state index in [1.807, 2.05) is 0 Å². The number of alkyl halides is 3. The highest BCUT2D eigenvalue weighted by atomic mass is 19.4. The first kappa shape index (κ1) is 24.9. The van der Waals surface area contributed by atoms with Crippen LogP contribution in [-0.2, 0) is 10.9 Å². The van der Waals surface area contributed by atoms with Gasteiger partial charge >= 0.3 is 6.18 Å². The zero-order chi connectivity index (χ0) is 25.0. The number of hydrogen-bond donors (Lipinski definition) is 1. The number of benzene rings is 1. The molecule has 0 amide bonds. The average Bonchev–Trinajstić information content (AvgIpc) is 2.78. The molecule has 0 aliphatic rings. The first-order chi connectivity index (χ1) is 16.0. The van der Waals surface area contributed by atoms with Crippen LogP contribution >= 0.6 is 0 Å². The maximum absolute atomic E-state index is 13.3. The predicted molar refractivity (Wildman–Crippen MR) is 116 cm³/mol. The van der Waals surface area contributed by atoms with Crippen molar-refractivity contribution in [3.05, 3.63) is 51.3 Å². The molecule has 3 aromatic rings. The number of halogens is 3. The molecule has 0 aliphatic carbocycles. The molecule has 1 atom stereocenters. The molecule has 0 saturated carbocycles. The summed E-state index contributed by atoms with van der Waals surface area (Å²) in [4.78, 5) is 23.3. The minimum absolute atomic E-state index is 0.0592. The molecule has 2 aromatic heterocycles. The van der Waals surface area contributed by atoms with Gasteiger partial charge in [0.2, 0.25) is 0 Å². The molecule has 0 fully saturated rings. The molecule has 2 heterocycles. The highest BCUT2D eigenvalue weighted by Crippen LogP contribution is 2.36. The van der Waals surface area contributed by atoms with Crippen LogP contribution < -0.4 is 14.8 Å². The maximum Gasteiger partial charge on any atom is 0.416 e. The Bertz CT molecular complexity index is 1210. The zero-order valence-corrected chi connectivity index (χ0v) is 18.8. The Hall–Kier alpha value is -3.74. The van der Waals surface area contributed by atoms with E-state index in [0.29, 0.717) is 29.6 Å². The zero-order valence-electron chi connectivity index (χ0n) is 18.8. The van der Waals surface area contributed by atoms with E-state index in [-0.39, 0.29) is 29.5 Å². The fraction of sp³-hybridized carbons (Fsp3) is 0.381. The van der Waals surface area contributed by atoms with Crippen molar-refractivity contribution in [1.29, 1.82) is 0 Å². The monoisotopic (exact) mass is 481 g/mol. The summed E-state index contributed by atoms with van der Waals surface area (Å²) in [5, 5.41) is 14.6. The van der Waals surface area contributed by atoms with E-state index in [9.17, 15) is 23.3 Å². The first-order valence-corrected chi connectivity index (χ1v) is 10.0. The van der Waals surface area contributed by atoms with Crippen LogP contribution in [0.15, 0.2) is 24.3 Å². The van der Waals surface area contributed by atoms with Gasteiger partial charge in [-0.3, -0.25) is 10.1 Å². The number of anilines is 1. The SMILES string of the molecule is COCCOc1cc2c(N[C@H](C)c3cc([N+](=O)[O-])cc(C(F)(F)F)c3)nc(C)nc2nc1OC. The third-order valence-electron chi connectivity index (χ3n) is 4.80. The van der Waals surface area contributed by atoms with Crippen molar-refractivity contribution in [2.45, 2.75) is 26.1 Å². The summed E-state index contributed by atoms with van der Waals surface area (Å²) in [6.45, 7) is 3.74. The summed E-state index contributed by atoms with van der Waals surface area (Å²) in [7, 11) is 2.95. The number of rotatable bonds is 9. The summed E-state index contributed by atoms with van der Waals surface area (Å²) in [5.74, 6) is 1.10. The van der Waals surface area contributed by atoms with Gasteiger partial charge in [0, 0.05) is 25.3 Å². The Balaban J connectivity index is 2.04. The molecule has 182 valence electrons. The van der Waals surface area contributed by atoms with Gasteiger partial charge in [0.05, 0.1) is 35.6 Å². The second kappa shape index (κ2) is 10.0. The van der Waals surface area contributed by atoms with Crippen molar-refractivity contribution < 1.29 is 32.3 Å². The fourth-order valence-electron chi connectivity index (χ4n) is 3.17. The number of fused-ring (bicyclic) bond motifs is 1. The van der Waals surface area contributed by atoms with Gasteiger partial charge in [-0.25, -0.2) is 9.97 Å². The predicted octanol–water partition coefficient (Wildman–Crippen LogP) is 4.47. The third kappa shape index (κ3) is 5.60. The molecule has 0 unspecified atom stereocenters. The molecule has 13 heteroatoms. The summed E-state index contributed by atoms with van der Waals surface area (Å²) in [6.07, 6.45) is -4.74. The second-order valence-corrected chi connectivity index (χ2v) is 7.26. The van der Waals surface area contributed by atoms with Gasteiger partial charge in [0.25, 0.3) is 11.6 Å². The van der Waals surface area contributed by atoms with E-state index in [0.717, 1.165) is 12.1 Å². The number of ether oxygens (including phenoxy) is 3. The Morgan fingerprint density at radius 2 is 1.85 bits per heavy atom. The second-order valence-electron chi connectivity index (χ2n) is 7.26. The number of non-ortho nitro benzene ring substituents is 1. The highest BCUT2D eigenvalue weighted by Gasteiger charge is 2.33. The highest BCUT2D eigenvalue weighted by molar-refractivity contribution is 5.88. The Morgan fingerprint density at radius 3 is 2.47 bits per heavy atom. The van der Waals surface area contributed by atoms with Crippen LogP contribution in [-0.4, -0.2) is 47.3 Å². The molecule has 0 bridgehead atoms. The van der Waals surface area contributed by atoms with Gasteiger partial charge in [-0.05, 0) is 25.5 Å². The minimum Gasteiger partial charge on any atom is -0.486 e. The summed E-state index contributed by atoms with van der Waals surface area (Å²) in [5.41, 5.74) is -1.45. The van der Waals surface area contributed by atoms with Crippen molar-refractivity contribution in [2.75, 3.05) is 32.8 Å². The van der Waals surface area contributed by atoms with E-state index in [4.69, 9.17) is 14.2 Å². The smallest absolute Gasteiger partial charge is 0.416 e. The van der Waals surface area contributed by atoms with Crippen molar-refractivity contribution >= 4 is 22.5 Å². The van der Waals surface area contributed by atoms with Crippen molar-refractivity contribution in [2.24, 2.45) is 0 Å². The van der Waals surface area contributed by atoms with Gasteiger partial charge in [0.15, 0.2) is 11.4 Å². The van der Waals surface area contributed by atoms with Gasteiger partial charge < -0.3 is 19.5 Å². The van der Waals surface area contributed by atoms with Crippen LogP contribution in [0.2, 0.25) is 0 Å². The number of aryl methyl sites for hydroxylation is 1. The lowest BCUT2D eigenvalue weighted by Crippen LogP contribution is -2.13. The molecular formula is C21H22F3N5O5. The number of nitrogens with one attached hydrogen (secondary N) is 1. The number of methoxy groups -OCH3 is 2. The molecule has 1 N–H and O–H groups in total. The quantitative estimate of drug-likeness (QED) is 0.268. The van der Waals surface area contributed by atoms with E-state index in [2.05, 4.69) is 20.3 Å². The van der Waals surface area contributed by atoms with E-state index < -0.39 is 28.4 Å². The van der Waals surface area contributed by atoms with Crippen molar-refractivity contribution in [1.82, 2.24) is 15.0 Å². The van der Waals surface area contributed by atoms with Crippen LogP contribution in [0.4, 0.5) is 24.7 Å². The lowest BCUT2D eigenvalue weighted by molar-refractivity contribution is -0.385. The molecule has 10 nitrogen and oxygen atoms in total. The average molecular weight is 481 g/mol. The molecular weight excluding hydrogens is 459 g/mol. The molecule has 1 aromatic carbocycles. The number of nitro groups is 1. The standard InChI is InChI=1S/C21H22F3N5O5/c1-11(13-7-14(21(22,23)24)9-15(8-13)29(30)31)25-18-16-10-17(34-6-5-32-3)20(33-4)28-19(16)27-12(2)26-18/h7-11H,5-6H2,1-4H3,(H,25,26,27,28)/t11-/m1/s1. The Morgan fingerprint density at radius 1 is 1.12 bits per heavy atom. The third-order valence-corrected chi connectivity index (χ3v) is 4.80. The lowest BCUT2D eigenvalue weighted by Gasteiger charge is -2.19. The summed E-state index contributed by atoms with van der Waals surface area (Å²) in [6, 6.07) is 3.27. The molecule has 3 rings (SSSR count). The molecule has 0 aliphatic heterocycles. The fourth-order valence-corrected chi connectivity index (χ4v) is 3.17. The van der Waals surface area contributed by atoms with Crippen LogP contribution in [0, 0.1) is 17.0 Å². The van der Waals surface area contributed by atoms with Gasteiger partial charge in [-0.15, -0.1) is 0 Å². The van der Waals surface area contributed by atoms with Crippen LogP contribution in [0.5, 0.6) is 11.6 Å². The minimum atomic E-state index is -4.74. The van der Waals surface area contributed by atoms with Crippen LogP contribution in [0.3, 0.4) is 0 Å². The topological polar surface area (TPSA) is 122 Å². The molecule has 0 spiro atoms. The van der Waals surface area contributed by atoms with Crippen molar-refractivity contribution in [3.8, 4) is 11.6 Å². The molecule has 0 saturated heterocycles. The molecule has 0 radical (unpaired) electrons. The lowest BCUT2D eigenvalue weighted by atomic mass is 10.0. The Labute approximate surface area is 192 Å². The largest absolute Gasteiger partial charge is 0.486 e. The van der Waals surface area contributed by atoms with Gasteiger partial charge in [0.1, 0.15) is 18.2 Å². The van der Waals surface area contributed by atoms with Crippen molar-refractivity contribution in [3.63, 3.8) is 0 Å². The normalized spacial score (nSPS) is 12.4. The molecule has 34 heavy (non-hydrogen) atoms. The summed E-state index contributed by atoms with van der Waals surface area (Å²) < 4.78 is 55.8.